The maximum Gasteiger partial charge on any atom is 0.130 e. The van der Waals surface area contributed by atoms with Crippen LogP contribution in [0.15, 0.2) is 18.2 Å². The van der Waals surface area contributed by atoms with E-state index >= 15 is 0 Å². The summed E-state index contributed by atoms with van der Waals surface area (Å²) in [7, 11) is 0. The molecule has 0 fully saturated rings. The standard InChI is InChI=1S/C16H26F2N2/c1-4-12(5-2)10-20(6-3)11-16(19)14-8-7-13(17)9-15(14)18/h7-9,12,16H,4-6,10-11,19H2,1-3H3. The van der Waals surface area contributed by atoms with Crippen LogP contribution in [-0.2, 0) is 0 Å². The van der Waals surface area contributed by atoms with Crippen LogP contribution in [0.25, 0.3) is 0 Å². The van der Waals surface area contributed by atoms with Gasteiger partial charge >= 0.3 is 0 Å². The van der Waals surface area contributed by atoms with Crippen molar-refractivity contribution >= 4 is 0 Å². The molecule has 1 atom stereocenters. The Kier molecular flexibility index (Phi) is 7.10. The van der Waals surface area contributed by atoms with Crippen molar-refractivity contribution in [2.24, 2.45) is 11.7 Å². The van der Waals surface area contributed by atoms with E-state index in [2.05, 4.69) is 25.7 Å². The Balaban J connectivity index is 2.69. The third-order valence-corrected chi connectivity index (χ3v) is 3.94. The van der Waals surface area contributed by atoms with Gasteiger partial charge in [0.05, 0.1) is 0 Å². The lowest BCUT2D eigenvalue weighted by Crippen LogP contribution is -2.35. The summed E-state index contributed by atoms with van der Waals surface area (Å²) in [5.74, 6) is -0.487. The molecule has 0 bridgehead atoms. The summed E-state index contributed by atoms with van der Waals surface area (Å²) >= 11 is 0. The van der Waals surface area contributed by atoms with E-state index in [-0.39, 0.29) is 0 Å². The number of likely N-dealkylation sites (N-methyl/N-ethyl adjacent to an activating group) is 1. The van der Waals surface area contributed by atoms with Crippen LogP contribution in [0.4, 0.5) is 8.78 Å². The molecule has 1 aromatic rings. The fourth-order valence-electron chi connectivity index (χ4n) is 2.42. The number of hydrogen-bond donors (Lipinski definition) is 1. The summed E-state index contributed by atoms with van der Waals surface area (Å²) in [6, 6.07) is 3.17. The molecule has 2 N–H and O–H groups in total. The quantitative estimate of drug-likeness (QED) is 0.788. The van der Waals surface area contributed by atoms with Crippen molar-refractivity contribution in [3.63, 3.8) is 0 Å². The zero-order valence-corrected chi connectivity index (χ0v) is 12.7. The highest BCUT2D eigenvalue weighted by molar-refractivity contribution is 5.22. The van der Waals surface area contributed by atoms with Gasteiger partial charge in [0, 0.05) is 30.8 Å². The Morgan fingerprint density at radius 3 is 2.25 bits per heavy atom. The zero-order valence-electron chi connectivity index (χ0n) is 12.7. The van der Waals surface area contributed by atoms with Crippen LogP contribution in [0.1, 0.15) is 45.2 Å². The van der Waals surface area contributed by atoms with E-state index in [1.807, 2.05) is 0 Å². The Morgan fingerprint density at radius 1 is 1.10 bits per heavy atom. The highest BCUT2D eigenvalue weighted by Gasteiger charge is 2.17. The van der Waals surface area contributed by atoms with Crippen molar-refractivity contribution in [1.29, 1.82) is 0 Å². The molecular weight excluding hydrogens is 258 g/mol. The van der Waals surface area contributed by atoms with E-state index in [0.717, 1.165) is 32.0 Å². The van der Waals surface area contributed by atoms with Gasteiger partial charge in [0.25, 0.3) is 0 Å². The molecule has 0 aliphatic carbocycles. The molecular formula is C16H26F2N2. The molecule has 0 spiro atoms. The normalized spacial score (nSPS) is 13.2. The van der Waals surface area contributed by atoms with Crippen molar-refractivity contribution in [1.82, 2.24) is 4.90 Å². The molecule has 0 aliphatic heterocycles. The predicted octanol–water partition coefficient (Wildman–Crippen LogP) is 3.72. The van der Waals surface area contributed by atoms with Gasteiger partial charge in [0.1, 0.15) is 11.6 Å². The SMILES string of the molecule is CCC(CC)CN(CC)CC(N)c1ccc(F)cc1F. The average Bonchev–Trinajstić information content (AvgIpc) is 2.43. The molecule has 1 unspecified atom stereocenters. The van der Waals surface area contributed by atoms with Gasteiger partial charge in [0.2, 0.25) is 0 Å². The van der Waals surface area contributed by atoms with Gasteiger partial charge in [-0.2, -0.15) is 0 Å². The Morgan fingerprint density at radius 2 is 1.75 bits per heavy atom. The van der Waals surface area contributed by atoms with Gasteiger partial charge in [-0.1, -0.05) is 39.7 Å². The summed E-state index contributed by atoms with van der Waals surface area (Å²) in [5.41, 5.74) is 6.46. The number of rotatable bonds is 8. The van der Waals surface area contributed by atoms with E-state index < -0.39 is 17.7 Å². The number of nitrogens with two attached hydrogens (primary N) is 1. The summed E-state index contributed by atoms with van der Waals surface area (Å²) in [6.45, 7) is 8.89. The first-order valence-corrected chi connectivity index (χ1v) is 7.44. The number of nitrogens with zero attached hydrogens (tertiary/aromatic N) is 1. The Bertz CT molecular complexity index is 405. The second-order valence-corrected chi connectivity index (χ2v) is 5.31. The molecule has 2 nitrogen and oxygen atoms in total. The van der Waals surface area contributed by atoms with E-state index in [1.165, 1.54) is 12.1 Å². The van der Waals surface area contributed by atoms with Crippen molar-refractivity contribution < 1.29 is 8.78 Å². The number of halogens is 2. The summed E-state index contributed by atoms with van der Waals surface area (Å²) in [4.78, 5) is 2.24. The Labute approximate surface area is 121 Å². The molecule has 0 aliphatic rings. The van der Waals surface area contributed by atoms with Crippen LogP contribution in [0, 0.1) is 17.6 Å². The maximum atomic E-state index is 13.7. The van der Waals surface area contributed by atoms with Crippen molar-refractivity contribution in [3.05, 3.63) is 35.4 Å². The molecule has 0 radical (unpaired) electrons. The summed E-state index contributed by atoms with van der Waals surface area (Å²) in [6.07, 6.45) is 2.26. The van der Waals surface area contributed by atoms with Crippen LogP contribution < -0.4 is 5.73 Å². The van der Waals surface area contributed by atoms with Crippen molar-refractivity contribution in [2.75, 3.05) is 19.6 Å². The lowest BCUT2D eigenvalue weighted by Gasteiger charge is -2.28. The first kappa shape index (κ1) is 17.1. The molecule has 0 amide bonds. The average molecular weight is 284 g/mol. The van der Waals surface area contributed by atoms with Crippen LogP contribution in [-0.4, -0.2) is 24.5 Å². The van der Waals surface area contributed by atoms with Crippen LogP contribution in [0.2, 0.25) is 0 Å². The first-order valence-electron chi connectivity index (χ1n) is 7.44. The molecule has 4 heteroatoms. The topological polar surface area (TPSA) is 29.3 Å². The molecule has 114 valence electrons. The minimum absolute atomic E-state index is 0.384. The molecule has 1 rings (SSSR count). The molecule has 20 heavy (non-hydrogen) atoms. The van der Waals surface area contributed by atoms with Gasteiger partial charge in [-0.25, -0.2) is 8.78 Å². The highest BCUT2D eigenvalue weighted by Crippen LogP contribution is 2.18. The van der Waals surface area contributed by atoms with Crippen molar-refractivity contribution in [2.45, 2.75) is 39.7 Å². The maximum absolute atomic E-state index is 13.7. The van der Waals surface area contributed by atoms with Crippen LogP contribution in [0.3, 0.4) is 0 Å². The predicted molar refractivity (Wildman–Crippen MR) is 79.5 cm³/mol. The second kappa shape index (κ2) is 8.32. The zero-order chi connectivity index (χ0) is 15.1. The van der Waals surface area contributed by atoms with E-state index in [1.54, 1.807) is 0 Å². The van der Waals surface area contributed by atoms with Crippen molar-refractivity contribution in [3.8, 4) is 0 Å². The van der Waals surface area contributed by atoms with Crippen LogP contribution in [0.5, 0.6) is 0 Å². The van der Waals surface area contributed by atoms with E-state index in [4.69, 9.17) is 5.73 Å². The second-order valence-electron chi connectivity index (χ2n) is 5.31. The van der Waals surface area contributed by atoms with Gasteiger partial charge in [-0.3, -0.25) is 0 Å². The fraction of sp³-hybridized carbons (Fsp3) is 0.625. The minimum Gasteiger partial charge on any atom is -0.323 e. The third-order valence-electron chi connectivity index (χ3n) is 3.94. The fourth-order valence-corrected chi connectivity index (χ4v) is 2.42. The smallest absolute Gasteiger partial charge is 0.130 e. The summed E-state index contributed by atoms with van der Waals surface area (Å²) < 4.78 is 26.6. The molecule has 0 saturated heterocycles. The number of hydrogen-bond acceptors (Lipinski definition) is 2. The van der Waals surface area contributed by atoms with E-state index in [0.29, 0.717) is 18.0 Å². The molecule has 0 saturated carbocycles. The monoisotopic (exact) mass is 284 g/mol. The minimum atomic E-state index is -0.567. The lowest BCUT2D eigenvalue weighted by molar-refractivity contribution is 0.220. The third kappa shape index (κ3) is 4.84. The molecule has 0 aromatic heterocycles. The van der Waals surface area contributed by atoms with Gasteiger partial charge in [-0.15, -0.1) is 0 Å². The number of benzene rings is 1. The largest absolute Gasteiger partial charge is 0.323 e. The Hall–Kier alpha value is -1.00. The highest BCUT2D eigenvalue weighted by atomic mass is 19.1. The van der Waals surface area contributed by atoms with Crippen LogP contribution >= 0.6 is 0 Å². The van der Waals surface area contributed by atoms with E-state index in [9.17, 15) is 8.78 Å². The van der Waals surface area contributed by atoms with Gasteiger partial charge < -0.3 is 10.6 Å². The first-order chi connectivity index (χ1) is 9.51. The summed E-state index contributed by atoms with van der Waals surface area (Å²) in [5, 5.41) is 0. The lowest BCUT2D eigenvalue weighted by atomic mass is 10.0. The van der Waals surface area contributed by atoms with Gasteiger partial charge in [-0.05, 0) is 18.5 Å². The molecule has 1 aromatic carbocycles. The van der Waals surface area contributed by atoms with Gasteiger partial charge in [0.15, 0.2) is 0 Å². The molecule has 0 heterocycles.